The second-order valence-electron chi connectivity index (χ2n) is 4.76. The van der Waals surface area contributed by atoms with Gasteiger partial charge < -0.3 is 15.4 Å². The number of esters is 1. The number of hydrogen-bond donors (Lipinski definition) is 1. The van der Waals surface area contributed by atoms with Gasteiger partial charge in [0.15, 0.2) is 17.7 Å². The van der Waals surface area contributed by atoms with Crippen molar-refractivity contribution >= 4 is 17.6 Å². The van der Waals surface area contributed by atoms with Gasteiger partial charge in [-0.3, -0.25) is 4.68 Å². The first-order valence-corrected chi connectivity index (χ1v) is 6.63. The number of amidine groups is 2. The summed E-state index contributed by atoms with van der Waals surface area (Å²) in [5, 5.41) is 4.16. The highest BCUT2D eigenvalue weighted by atomic mass is 16.5. The van der Waals surface area contributed by atoms with Gasteiger partial charge in [0.25, 0.3) is 0 Å². The monoisotopic (exact) mass is 288 g/mol. The zero-order chi connectivity index (χ0) is 15.0. The van der Waals surface area contributed by atoms with Crippen LogP contribution in [0.3, 0.4) is 0 Å². The molecule has 110 valence electrons. The molecule has 0 aliphatic carbocycles. The van der Waals surface area contributed by atoms with Crippen LogP contribution in [-0.4, -0.2) is 45.0 Å². The van der Waals surface area contributed by atoms with E-state index < -0.39 is 6.04 Å². The molecule has 0 aromatic carbocycles. The molecule has 0 fully saturated rings. The van der Waals surface area contributed by atoms with Gasteiger partial charge in [-0.05, 0) is 6.92 Å². The fourth-order valence-corrected chi connectivity index (χ4v) is 2.50. The Kier molecular flexibility index (Phi) is 3.20. The Bertz CT molecular complexity index is 659. The van der Waals surface area contributed by atoms with E-state index in [1.165, 1.54) is 0 Å². The lowest BCUT2D eigenvalue weighted by atomic mass is 10.0. The molecule has 0 saturated carbocycles. The number of aliphatic imine (C=N–C) groups is 2. The van der Waals surface area contributed by atoms with Gasteiger partial charge in [0.05, 0.1) is 18.8 Å². The number of nitrogens with two attached hydrogens (primary N) is 1. The maximum Gasteiger partial charge on any atom is 0.333 e. The molecule has 0 spiro atoms. The normalized spacial score (nSPS) is 23.6. The van der Waals surface area contributed by atoms with Crippen LogP contribution in [-0.2, 0) is 16.6 Å². The van der Waals surface area contributed by atoms with Crippen LogP contribution in [0.1, 0.15) is 18.5 Å². The number of hydrogen-bond acceptors (Lipinski definition) is 7. The number of aryl methyl sites for hydroxylation is 1. The van der Waals surface area contributed by atoms with E-state index in [4.69, 9.17) is 10.5 Å². The SMILES string of the molecule is CCOC(=O)C1N=C2C(N)=NC=CN2C1c1cnn(C)c1. The lowest BCUT2D eigenvalue weighted by Gasteiger charge is -2.26. The Balaban J connectivity index is 2.01. The summed E-state index contributed by atoms with van der Waals surface area (Å²) in [5.74, 6) is 0.400. The van der Waals surface area contributed by atoms with Crippen molar-refractivity contribution in [2.24, 2.45) is 22.8 Å². The first-order chi connectivity index (χ1) is 10.1. The summed E-state index contributed by atoms with van der Waals surface area (Å²) < 4.78 is 6.80. The van der Waals surface area contributed by atoms with Gasteiger partial charge in [0.1, 0.15) is 0 Å². The van der Waals surface area contributed by atoms with E-state index in [2.05, 4.69) is 15.1 Å². The number of rotatable bonds is 3. The van der Waals surface area contributed by atoms with Crippen LogP contribution in [0.25, 0.3) is 0 Å². The predicted octanol–water partition coefficient (Wildman–Crippen LogP) is -0.0510. The lowest BCUT2D eigenvalue weighted by molar-refractivity contribution is -0.145. The first kappa shape index (κ1) is 13.3. The molecule has 8 heteroatoms. The van der Waals surface area contributed by atoms with Crippen molar-refractivity contribution in [2.75, 3.05) is 6.61 Å². The number of fused-ring (bicyclic) bond motifs is 1. The van der Waals surface area contributed by atoms with Crippen molar-refractivity contribution in [3.05, 3.63) is 30.4 Å². The summed E-state index contributed by atoms with van der Waals surface area (Å²) in [6.45, 7) is 2.07. The average molecular weight is 288 g/mol. The van der Waals surface area contributed by atoms with E-state index in [9.17, 15) is 4.79 Å². The van der Waals surface area contributed by atoms with Crippen LogP contribution in [0.5, 0.6) is 0 Å². The average Bonchev–Trinajstić information content (AvgIpc) is 3.03. The molecule has 2 unspecified atom stereocenters. The summed E-state index contributed by atoms with van der Waals surface area (Å²) in [7, 11) is 1.82. The van der Waals surface area contributed by atoms with Crippen molar-refractivity contribution in [2.45, 2.75) is 19.0 Å². The Morgan fingerprint density at radius 2 is 2.33 bits per heavy atom. The molecule has 0 radical (unpaired) electrons. The van der Waals surface area contributed by atoms with Crippen molar-refractivity contribution in [1.29, 1.82) is 0 Å². The second-order valence-corrected chi connectivity index (χ2v) is 4.76. The van der Waals surface area contributed by atoms with Crippen molar-refractivity contribution in [3.8, 4) is 0 Å². The van der Waals surface area contributed by atoms with Crippen LogP contribution < -0.4 is 5.73 Å². The third kappa shape index (κ3) is 2.18. The van der Waals surface area contributed by atoms with Crippen LogP contribution in [0.2, 0.25) is 0 Å². The smallest absolute Gasteiger partial charge is 0.333 e. The Hall–Kier alpha value is -2.64. The lowest BCUT2D eigenvalue weighted by Crippen LogP contribution is -2.39. The summed E-state index contributed by atoms with van der Waals surface area (Å²) >= 11 is 0. The first-order valence-electron chi connectivity index (χ1n) is 6.63. The minimum absolute atomic E-state index is 0.290. The predicted molar refractivity (Wildman–Crippen MR) is 76.4 cm³/mol. The fraction of sp³-hybridized carbons (Fsp3) is 0.385. The van der Waals surface area contributed by atoms with Crippen molar-refractivity contribution in [1.82, 2.24) is 14.7 Å². The molecule has 21 heavy (non-hydrogen) atoms. The van der Waals surface area contributed by atoms with Crippen LogP contribution in [0.15, 0.2) is 34.8 Å². The zero-order valence-corrected chi connectivity index (χ0v) is 11.8. The maximum absolute atomic E-state index is 12.2. The molecule has 2 atom stereocenters. The molecule has 0 bridgehead atoms. The quantitative estimate of drug-likeness (QED) is 0.786. The molecule has 3 rings (SSSR count). The van der Waals surface area contributed by atoms with Gasteiger partial charge >= 0.3 is 5.97 Å². The summed E-state index contributed by atoms with van der Waals surface area (Å²) in [6, 6.07) is -1.00. The third-order valence-electron chi connectivity index (χ3n) is 3.37. The van der Waals surface area contributed by atoms with Gasteiger partial charge in [-0.15, -0.1) is 0 Å². The molecule has 2 aliphatic heterocycles. The molecule has 0 saturated heterocycles. The minimum atomic E-state index is -0.680. The Labute approximate surface area is 121 Å². The summed E-state index contributed by atoms with van der Waals surface area (Å²) in [4.78, 5) is 22.4. The van der Waals surface area contributed by atoms with Crippen LogP contribution >= 0.6 is 0 Å². The van der Waals surface area contributed by atoms with Crippen LogP contribution in [0.4, 0.5) is 0 Å². The molecule has 8 nitrogen and oxygen atoms in total. The molecule has 3 heterocycles. The topological polar surface area (TPSA) is 98.1 Å². The van der Waals surface area contributed by atoms with E-state index >= 15 is 0 Å². The van der Waals surface area contributed by atoms with Gasteiger partial charge in [0.2, 0.25) is 0 Å². The number of ether oxygens (including phenoxy) is 1. The highest BCUT2D eigenvalue weighted by molar-refractivity contribution is 6.41. The number of carbonyl (C=O) groups excluding carboxylic acids is 1. The summed E-state index contributed by atoms with van der Waals surface area (Å²) in [5.41, 5.74) is 6.72. The fourth-order valence-electron chi connectivity index (χ4n) is 2.50. The number of nitrogens with zero attached hydrogens (tertiary/aromatic N) is 5. The van der Waals surface area contributed by atoms with E-state index in [0.29, 0.717) is 12.4 Å². The van der Waals surface area contributed by atoms with E-state index in [1.807, 2.05) is 18.1 Å². The third-order valence-corrected chi connectivity index (χ3v) is 3.37. The standard InChI is InChI=1S/C13H16N6O2/c1-3-21-13(20)9-10(8-6-16-18(2)7-8)19-5-4-15-11(14)12(19)17-9/h4-7,9-10H,3H2,1-2H3,(H2,14,15). The van der Waals surface area contributed by atoms with Gasteiger partial charge in [-0.2, -0.15) is 5.10 Å². The molecule has 2 N–H and O–H groups in total. The summed E-state index contributed by atoms with van der Waals surface area (Å²) in [6.07, 6.45) is 6.91. The van der Waals surface area contributed by atoms with Crippen molar-refractivity contribution in [3.63, 3.8) is 0 Å². The molecule has 2 aliphatic rings. The molecular weight excluding hydrogens is 272 g/mol. The van der Waals surface area contributed by atoms with E-state index in [-0.39, 0.29) is 17.8 Å². The Morgan fingerprint density at radius 3 is 3.00 bits per heavy atom. The second kappa shape index (κ2) is 5.04. The van der Waals surface area contributed by atoms with Gasteiger partial charge in [0, 0.05) is 31.2 Å². The zero-order valence-electron chi connectivity index (χ0n) is 11.8. The van der Waals surface area contributed by atoms with Crippen LogP contribution in [0, 0.1) is 0 Å². The van der Waals surface area contributed by atoms with E-state index in [1.54, 1.807) is 30.2 Å². The molecular formula is C13H16N6O2. The largest absolute Gasteiger partial charge is 0.464 e. The molecule has 1 aromatic heterocycles. The molecule has 1 aromatic rings. The minimum Gasteiger partial charge on any atom is -0.464 e. The van der Waals surface area contributed by atoms with E-state index in [0.717, 1.165) is 5.56 Å². The van der Waals surface area contributed by atoms with Gasteiger partial charge in [-0.25, -0.2) is 14.8 Å². The maximum atomic E-state index is 12.2. The van der Waals surface area contributed by atoms with Gasteiger partial charge in [-0.1, -0.05) is 0 Å². The highest BCUT2D eigenvalue weighted by Crippen LogP contribution is 2.34. The van der Waals surface area contributed by atoms with Crippen molar-refractivity contribution < 1.29 is 9.53 Å². The Morgan fingerprint density at radius 1 is 1.52 bits per heavy atom. The number of carbonyl (C=O) groups is 1. The number of aromatic nitrogens is 2. The molecule has 0 amide bonds. The highest BCUT2D eigenvalue weighted by Gasteiger charge is 2.43.